The van der Waals surface area contributed by atoms with E-state index in [1.54, 1.807) is 0 Å². The minimum atomic E-state index is 0.628. The maximum Gasteiger partial charge on any atom is 0.162 e. The number of hydrogen-bond acceptors (Lipinski definition) is 5. The summed E-state index contributed by atoms with van der Waals surface area (Å²) in [5, 5.41) is 16.7. The van der Waals surface area contributed by atoms with Crippen LogP contribution < -0.4 is 0 Å². The zero-order valence-electron chi connectivity index (χ0n) is 52.4. The van der Waals surface area contributed by atoms with E-state index in [0.29, 0.717) is 5.82 Å². The molecule has 0 saturated heterocycles. The first kappa shape index (κ1) is 53.1. The van der Waals surface area contributed by atoms with Crippen molar-refractivity contribution in [2.75, 3.05) is 0 Å². The van der Waals surface area contributed by atoms with Gasteiger partial charge >= 0.3 is 0 Å². The van der Waals surface area contributed by atoms with E-state index in [1.807, 2.05) is 36.4 Å². The highest BCUT2D eigenvalue weighted by atomic mass is 16.3. The van der Waals surface area contributed by atoms with Crippen LogP contribution in [0.4, 0.5) is 0 Å². The van der Waals surface area contributed by atoms with Crippen LogP contribution in [0.3, 0.4) is 0 Å². The molecule has 0 N–H and O–H groups in total. The minimum Gasteiger partial charge on any atom is -0.456 e. The number of hydrogen-bond donors (Lipinski definition) is 0. The van der Waals surface area contributed by atoms with Gasteiger partial charge in [-0.05, 0) is 178 Å². The Labute approximate surface area is 557 Å². The number of fused-ring (bicyclic) bond motifs is 20. The van der Waals surface area contributed by atoms with Gasteiger partial charge in [-0.15, -0.1) is 0 Å². The van der Waals surface area contributed by atoms with E-state index in [-0.39, 0.29) is 0 Å². The lowest BCUT2D eigenvalue weighted by Crippen LogP contribution is -2.04. The molecule has 7 aromatic heterocycles. The van der Waals surface area contributed by atoms with Gasteiger partial charge in [-0.25, -0.2) is 9.97 Å². The van der Waals surface area contributed by atoms with Gasteiger partial charge in [0.1, 0.15) is 39.3 Å². The van der Waals surface area contributed by atoms with Crippen molar-refractivity contribution in [2.45, 2.75) is 0 Å². The fourth-order valence-corrected chi connectivity index (χ4v) is 16.1. The second-order valence-corrected chi connectivity index (χ2v) is 25.9. The molecule has 0 aliphatic carbocycles. The number of para-hydroxylation sites is 6. The Kier molecular flexibility index (Phi) is 10.9. The summed E-state index contributed by atoms with van der Waals surface area (Å²) in [6.07, 6.45) is 0. The topological polar surface area (TPSA) is 80.0 Å². The molecule has 22 rings (SSSR count). The number of benzene rings is 15. The van der Waals surface area contributed by atoms with E-state index in [4.69, 9.17) is 23.2 Å². The van der Waals surface area contributed by atoms with E-state index in [2.05, 4.69) is 287 Å². The summed E-state index contributed by atoms with van der Waals surface area (Å²) in [4.78, 5) is 11.5. The van der Waals surface area contributed by atoms with Gasteiger partial charge in [-0.3, -0.25) is 4.57 Å². The average molecular weight is 1250 g/mol. The highest BCUT2D eigenvalue weighted by Gasteiger charge is 2.24. The van der Waals surface area contributed by atoms with Crippen LogP contribution in [0.15, 0.2) is 323 Å². The summed E-state index contributed by atoms with van der Waals surface area (Å²) in [5.41, 5.74) is 22.3. The molecule has 0 spiro atoms. The minimum absolute atomic E-state index is 0.628. The first-order chi connectivity index (χ1) is 48.5. The van der Waals surface area contributed by atoms with E-state index in [9.17, 15) is 0 Å². The maximum atomic E-state index is 6.45. The molecule has 0 fully saturated rings. The first-order valence-electron chi connectivity index (χ1n) is 33.3. The predicted molar refractivity (Wildman–Crippen MR) is 404 cm³/mol. The van der Waals surface area contributed by atoms with E-state index >= 15 is 0 Å². The molecule has 15 aromatic carbocycles. The lowest BCUT2D eigenvalue weighted by molar-refractivity contribution is 0.668. The van der Waals surface area contributed by atoms with Crippen LogP contribution >= 0.6 is 0 Å². The van der Waals surface area contributed by atoms with Crippen molar-refractivity contribution in [2.24, 2.45) is 0 Å². The molecule has 0 saturated carbocycles. The zero-order chi connectivity index (χ0) is 63.8. The molecule has 0 bridgehead atoms. The van der Waals surface area contributed by atoms with Crippen molar-refractivity contribution in [3.63, 3.8) is 0 Å². The van der Waals surface area contributed by atoms with E-state index < -0.39 is 0 Å². The number of rotatable bonds is 7. The van der Waals surface area contributed by atoms with Gasteiger partial charge in [0.2, 0.25) is 0 Å². The Bertz CT molecular complexity index is 7210. The van der Waals surface area contributed by atoms with E-state index in [0.717, 1.165) is 198 Å². The quantitative estimate of drug-likeness (QED) is 0.159. The Balaban J connectivity index is 0.732. The van der Waals surface area contributed by atoms with Gasteiger partial charge in [-0.1, -0.05) is 170 Å². The molecule has 98 heavy (non-hydrogen) atoms. The van der Waals surface area contributed by atoms with Gasteiger partial charge in [0, 0.05) is 86.7 Å². The predicted octanol–water partition coefficient (Wildman–Crippen LogP) is 24.4. The maximum absolute atomic E-state index is 6.45. The summed E-state index contributed by atoms with van der Waals surface area (Å²) in [6.45, 7) is 0. The molecular formula is C90H51N5O3. The van der Waals surface area contributed by atoms with Crippen molar-refractivity contribution >= 4 is 153 Å². The van der Waals surface area contributed by atoms with Crippen LogP contribution in [-0.2, 0) is 0 Å². The van der Waals surface area contributed by atoms with Gasteiger partial charge in [0.15, 0.2) is 5.82 Å². The van der Waals surface area contributed by atoms with Gasteiger partial charge in [-0.2, -0.15) is 0 Å². The highest BCUT2D eigenvalue weighted by molar-refractivity contribution is 6.17. The second-order valence-electron chi connectivity index (χ2n) is 25.9. The summed E-state index contributed by atoms with van der Waals surface area (Å²) in [5.74, 6) is 1.41. The number of aromatic nitrogens is 5. The van der Waals surface area contributed by atoms with Crippen LogP contribution in [0, 0.1) is 0 Å². The van der Waals surface area contributed by atoms with Crippen LogP contribution in [-0.4, -0.2) is 23.7 Å². The molecule has 22 aromatic rings. The SMILES string of the molecule is c1ccc2c(c1)oc1cc(-c3ccc4c(c3)c3ccccc3n4-c3ccc4nc(-c5ccc(-n6c7ccccc7c7cc(-c8ccc9c(c8)oc8ccccc89)ccc76)c6ccccc56)nc(-n5c6ccccc6c6cc(-c7ccc8c(c7)oc7ccccc78)ccc65)c4c3)ccc12. The van der Waals surface area contributed by atoms with Crippen molar-refractivity contribution in [3.8, 4) is 62.0 Å². The number of nitrogens with zero attached hydrogens (tertiary/aromatic N) is 5. The molecule has 0 aliphatic heterocycles. The Morgan fingerprint density at radius 1 is 0.214 bits per heavy atom. The highest BCUT2D eigenvalue weighted by Crippen LogP contribution is 2.45. The van der Waals surface area contributed by atoms with E-state index in [1.165, 1.54) is 10.8 Å². The van der Waals surface area contributed by atoms with Crippen molar-refractivity contribution < 1.29 is 13.3 Å². The van der Waals surface area contributed by atoms with Crippen LogP contribution in [0.1, 0.15) is 0 Å². The monoisotopic (exact) mass is 1250 g/mol. The van der Waals surface area contributed by atoms with Gasteiger partial charge < -0.3 is 22.4 Å². The van der Waals surface area contributed by atoms with Crippen molar-refractivity contribution in [3.05, 3.63) is 309 Å². The van der Waals surface area contributed by atoms with Crippen LogP contribution in [0.5, 0.6) is 0 Å². The molecule has 0 aliphatic rings. The lowest BCUT2D eigenvalue weighted by atomic mass is 10.0. The van der Waals surface area contributed by atoms with Crippen LogP contribution in [0.2, 0.25) is 0 Å². The Hall–Kier alpha value is -13.3. The van der Waals surface area contributed by atoms with Crippen molar-refractivity contribution in [1.82, 2.24) is 23.7 Å². The van der Waals surface area contributed by atoms with Gasteiger partial charge in [0.05, 0.1) is 44.3 Å². The van der Waals surface area contributed by atoms with Crippen molar-refractivity contribution in [1.29, 1.82) is 0 Å². The molecule has 0 radical (unpaired) electrons. The third kappa shape index (κ3) is 7.70. The van der Waals surface area contributed by atoms with Crippen LogP contribution in [0.25, 0.3) is 215 Å². The smallest absolute Gasteiger partial charge is 0.162 e. The Morgan fingerprint density at radius 2 is 0.582 bits per heavy atom. The molecule has 0 amide bonds. The summed E-state index contributed by atoms with van der Waals surface area (Å²) in [6, 6.07) is 111. The molecule has 0 unspecified atom stereocenters. The largest absolute Gasteiger partial charge is 0.456 e. The average Bonchev–Trinajstić information content (AvgIpc) is 1.52. The first-order valence-corrected chi connectivity index (χ1v) is 33.3. The third-order valence-corrected chi connectivity index (χ3v) is 20.7. The fourth-order valence-electron chi connectivity index (χ4n) is 16.1. The Morgan fingerprint density at radius 3 is 1.08 bits per heavy atom. The summed E-state index contributed by atoms with van der Waals surface area (Å²) < 4.78 is 26.4. The molecule has 8 heteroatoms. The fraction of sp³-hybridized carbons (Fsp3) is 0. The normalized spacial score (nSPS) is 12.3. The lowest BCUT2D eigenvalue weighted by Gasteiger charge is -2.17. The molecule has 454 valence electrons. The molecule has 0 atom stereocenters. The molecule has 8 nitrogen and oxygen atoms in total. The number of furan rings is 3. The zero-order valence-corrected chi connectivity index (χ0v) is 52.4. The summed E-state index contributed by atoms with van der Waals surface area (Å²) in [7, 11) is 0. The molecule has 7 heterocycles. The molecular weight excluding hydrogens is 1200 g/mol. The standard InChI is InChI=1S/C90H51N5O3/c1-2-16-60-59(15-1)70(39-44-79(60)94-77-24-10-4-18-62(77)72-46-53(33-42-81(72)94)56-30-37-68-65-21-7-13-27-84(65)97-87(68)49-56)89-91-75-40-35-58(93-76-23-9-3-17-61(76)71-45-52(32-41-80(71)93)55-29-36-67-64-20-6-12-26-83(64)96-86(67)48-55)51-74(75)90(92-89)95-78-25-11-5-19-63(78)73-47-54(34-43-82(73)95)57-31-38-69-66-22-8-14-28-85(66)98-88(69)50-57/h1-51H. The van der Waals surface area contributed by atoms with Gasteiger partial charge in [0.25, 0.3) is 0 Å². The second kappa shape index (κ2) is 20.1. The third-order valence-electron chi connectivity index (χ3n) is 20.7. The summed E-state index contributed by atoms with van der Waals surface area (Å²) >= 11 is 0.